The third kappa shape index (κ3) is 6.11. The van der Waals surface area contributed by atoms with Crippen LogP contribution in [0.15, 0.2) is 6.07 Å². The number of aromatic nitrogens is 2. The molecule has 1 aromatic rings. The second-order valence-corrected chi connectivity index (χ2v) is 5.47. The van der Waals surface area contributed by atoms with Crippen molar-refractivity contribution in [2.45, 2.75) is 33.4 Å². The van der Waals surface area contributed by atoms with E-state index in [2.05, 4.69) is 34.4 Å². The van der Waals surface area contributed by atoms with Crippen molar-refractivity contribution in [1.29, 1.82) is 0 Å². The minimum Gasteiger partial charge on any atom is -0.374 e. The predicted molar refractivity (Wildman–Crippen MR) is 83.0 cm³/mol. The Hall–Kier alpha value is -1.01. The maximum atomic E-state index is 5.36. The van der Waals surface area contributed by atoms with E-state index in [1.807, 2.05) is 31.8 Å². The van der Waals surface area contributed by atoms with Crippen molar-refractivity contribution in [3.8, 4) is 0 Å². The van der Waals surface area contributed by atoms with Gasteiger partial charge < -0.3 is 15.4 Å². The lowest BCUT2D eigenvalue weighted by Gasteiger charge is -2.15. The van der Waals surface area contributed by atoms with E-state index in [0.717, 1.165) is 23.1 Å². The summed E-state index contributed by atoms with van der Waals surface area (Å²) < 4.78 is 5.36. The molecule has 1 heterocycles. The summed E-state index contributed by atoms with van der Waals surface area (Å²) in [5.41, 5.74) is 0. The van der Waals surface area contributed by atoms with Gasteiger partial charge in [0.15, 0.2) is 5.82 Å². The topological polar surface area (TPSA) is 59.1 Å². The van der Waals surface area contributed by atoms with Gasteiger partial charge in [0.05, 0.1) is 0 Å². The largest absolute Gasteiger partial charge is 0.374 e. The molecule has 0 aliphatic carbocycles. The van der Waals surface area contributed by atoms with Crippen molar-refractivity contribution in [1.82, 2.24) is 9.97 Å². The van der Waals surface area contributed by atoms with Gasteiger partial charge >= 0.3 is 0 Å². The second kappa shape index (κ2) is 8.98. The minimum atomic E-state index is 0.379. The average molecular weight is 284 g/mol. The molecule has 0 fully saturated rings. The monoisotopic (exact) mass is 284 g/mol. The van der Waals surface area contributed by atoms with Gasteiger partial charge in [0.1, 0.15) is 18.2 Å². The molecule has 108 valence electrons. The van der Waals surface area contributed by atoms with Crippen molar-refractivity contribution in [2.75, 3.05) is 35.8 Å². The van der Waals surface area contributed by atoms with Crippen molar-refractivity contribution >= 4 is 23.4 Å². The Bertz CT molecular complexity index is 376. The van der Waals surface area contributed by atoms with Crippen LogP contribution in [0.2, 0.25) is 0 Å². The summed E-state index contributed by atoms with van der Waals surface area (Å²) in [5, 5.41) is 6.45. The standard InChI is InChI=1S/C13H24N4OS/c1-5-18-8-13-16-11(14-4)7-12(17-13)15-10(3)9-19-6-2/h7,10H,5-6,8-9H2,1-4H3,(H2,14,15,16,17). The van der Waals surface area contributed by atoms with E-state index in [4.69, 9.17) is 4.74 Å². The van der Waals surface area contributed by atoms with Gasteiger partial charge in [-0.1, -0.05) is 6.92 Å². The number of nitrogens with zero attached hydrogens (tertiary/aromatic N) is 2. The summed E-state index contributed by atoms with van der Waals surface area (Å²) in [7, 11) is 1.85. The zero-order valence-corrected chi connectivity index (χ0v) is 13.0. The first-order valence-electron chi connectivity index (χ1n) is 6.67. The van der Waals surface area contributed by atoms with E-state index >= 15 is 0 Å². The Morgan fingerprint density at radius 2 is 2.05 bits per heavy atom. The molecule has 0 radical (unpaired) electrons. The van der Waals surface area contributed by atoms with Gasteiger partial charge in [-0.2, -0.15) is 11.8 Å². The summed E-state index contributed by atoms with van der Waals surface area (Å²) in [6.07, 6.45) is 0. The number of hydrogen-bond donors (Lipinski definition) is 2. The smallest absolute Gasteiger partial charge is 0.158 e. The minimum absolute atomic E-state index is 0.379. The van der Waals surface area contributed by atoms with Crippen LogP contribution in [-0.4, -0.2) is 41.2 Å². The summed E-state index contributed by atoms with van der Waals surface area (Å²) in [4.78, 5) is 8.84. The molecule has 1 atom stereocenters. The van der Waals surface area contributed by atoms with Crippen molar-refractivity contribution in [3.63, 3.8) is 0 Å². The average Bonchev–Trinajstić information content (AvgIpc) is 2.42. The Labute approximate surface area is 119 Å². The van der Waals surface area contributed by atoms with Crippen molar-refractivity contribution in [3.05, 3.63) is 11.9 Å². The molecule has 1 rings (SSSR count). The third-order valence-electron chi connectivity index (χ3n) is 2.43. The van der Waals surface area contributed by atoms with Gasteiger partial charge in [-0.25, -0.2) is 9.97 Å². The molecule has 0 saturated heterocycles. The zero-order valence-electron chi connectivity index (χ0n) is 12.2. The third-order valence-corrected chi connectivity index (χ3v) is 3.57. The molecule has 19 heavy (non-hydrogen) atoms. The molecule has 2 N–H and O–H groups in total. The van der Waals surface area contributed by atoms with E-state index < -0.39 is 0 Å². The molecule has 0 bridgehead atoms. The summed E-state index contributed by atoms with van der Waals surface area (Å²) in [6.45, 7) is 7.40. The van der Waals surface area contributed by atoms with Crippen LogP contribution in [0.4, 0.5) is 11.6 Å². The second-order valence-electron chi connectivity index (χ2n) is 4.15. The quantitative estimate of drug-likeness (QED) is 0.727. The van der Waals surface area contributed by atoms with Gasteiger partial charge in [0.2, 0.25) is 0 Å². The number of thioether (sulfide) groups is 1. The lowest BCUT2D eigenvalue weighted by molar-refractivity contribution is 0.128. The van der Waals surface area contributed by atoms with Crippen LogP contribution in [-0.2, 0) is 11.3 Å². The fourth-order valence-corrected chi connectivity index (χ4v) is 2.22. The number of hydrogen-bond acceptors (Lipinski definition) is 6. The summed E-state index contributed by atoms with van der Waals surface area (Å²) in [5.74, 6) is 4.55. The van der Waals surface area contributed by atoms with E-state index in [1.165, 1.54) is 0 Å². The molecule has 0 spiro atoms. The predicted octanol–water partition coefficient (Wildman–Crippen LogP) is 2.61. The van der Waals surface area contributed by atoms with Gasteiger partial charge in [-0.15, -0.1) is 0 Å². The SMILES string of the molecule is CCOCc1nc(NC)cc(NC(C)CSCC)n1. The van der Waals surface area contributed by atoms with E-state index in [0.29, 0.717) is 25.1 Å². The van der Waals surface area contributed by atoms with Crippen molar-refractivity contribution < 1.29 is 4.74 Å². The molecule has 0 amide bonds. The Kier molecular flexibility index (Phi) is 7.59. The Morgan fingerprint density at radius 3 is 2.68 bits per heavy atom. The lowest BCUT2D eigenvalue weighted by Crippen LogP contribution is -2.19. The molecule has 0 aliphatic rings. The highest BCUT2D eigenvalue weighted by Crippen LogP contribution is 2.14. The summed E-state index contributed by atoms with van der Waals surface area (Å²) in [6, 6.07) is 2.30. The molecular formula is C13H24N4OS. The van der Waals surface area contributed by atoms with Crippen molar-refractivity contribution in [2.24, 2.45) is 0 Å². The number of anilines is 2. The fraction of sp³-hybridized carbons (Fsp3) is 0.692. The molecule has 0 aliphatic heterocycles. The molecule has 1 aromatic heterocycles. The van der Waals surface area contributed by atoms with E-state index in [1.54, 1.807) is 0 Å². The first-order chi connectivity index (χ1) is 9.19. The zero-order chi connectivity index (χ0) is 14.1. The fourth-order valence-electron chi connectivity index (χ4n) is 1.55. The Morgan fingerprint density at radius 1 is 1.32 bits per heavy atom. The Balaban J connectivity index is 2.69. The highest BCUT2D eigenvalue weighted by Gasteiger charge is 2.07. The maximum Gasteiger partial charge on any atom is 0.158 e. The molecule has 1 unspecified atom stereocenters. The first kappa shape index (κ1) is 16.0. The number of nitrogens with one attached hydrogen (secondary N) is 2. The molecular weight excluding hydrogens is 260 g/mol. The van der Waals surface area contributed by atoms with Crippen LogP contribution in [0.1, 0.15) is 26.6 Å². The molecule has 6 heteroatoms. The van der Waals surface area contributed by atoms with E-state index in [9.17, 15) is 0 Å². The van der Waals surface area contributed by atoms with Crippen LogP contribution < -0.4 is 10.6 Å². The van der Waals surface area contributed by atoms with Crippen LogP contribution in [0, 0.1) is 0 Å². The van der Waals surface area contributed by atoms with Gasteiger partial charge in [-0.05, 0) is 19.6 Å². The maximum absolute atomic E-state index is 5.36. The molecule has 0 saturated carbocycles. The van der Waals surface area contributed by atoms with Gasteiger partial charge in [0, 0.05) is 31.5 Å². The number of rotatable bonds is 9. The van der Waals surface area contributed by atoms with Crippen LogP contribution in [0.3, 0.4) is 0 Å². The lowest BCUT2D eigenvalue weighted by atomic mass is 10.4. The van der Waals surface area contributed by atoms with E-state index in [-0.39, 0.29) is 0 Å². The summed E-state index contributed by atoms with van der Waals surface area (Å²) >= 11 is 1.92. The van der Waals surface area contributed by atoms with Gasteiger partial charge in [0.25, 0.3) is 0 Å². The highest BCUT2D eigenvalue weighted by atomic mass is 32.2. The number of ether oxygens (including phenoxy) is 1. The van der Waals surface area contributed by atoms with Crippen LogP contribution >= 0.6 is 11.8 Å². The van der Waals surface area contributed by atoms with Crippen LogP contribution in [0.5, 0.6) is 0 Å². The first-order valence-corrected chi connectivity index (χ1v) is 7.82. The molecule has 0 aromatic carbocycles. The normalized spacial score (nSPS) is 12.2. The van der Waals surface area contributed by atoms with Crippen LogP contribution in [0.25, 0.3) is 0 Å². The molecule has 5 nitrogen and oxygen atoms in total. The highest BCUT2D eigenvalue weighted by molar-refractivity contribution is 7.99. The van der Waals surface area contributed by atoms with Gasteiger partial charge in [-0.3, -0.25) is 0 Å².